The lowest BCUT2D eigenvalue weighted by Gasteiger charge is -2.12. The van der Waals surface area contributed by atoms with Gasteiger partial charge in [-0.05, 0) is 84.0 Å². The molecule has 0 amide bonds. The number of rotatable bonds is 17. The van der Waals surface area contributed by atoms with E-state index in [1.54, 1.807) is 0 Å². The largest absolute Gasteiger partial charge is 0.143 e. The zero-order chi connectivity index (χ0) is 31.9. The van der Waals surface area contributed by atoms with E-state index >= 15 is 0 Å². The maximum absolute atomic E-state index is 2.50. The molecule has 0 nitrogen and oxygen atoms in total. The number of unbranched alkanes of at least 4 members (excludes halogenated alkanes) is 2. The first-order chi connectivity index (χ1) is 22.6. The van der Waals surface area contributed by atoms with Gasteiger partial charge in [-0.2, -0.15) is 0 Å². The molecule has 0 aliphatic heterocycles. The molecule has 46 heavy (non-hydrogen) atoms. The van der Waals surface area contributed by atoms with Crippen molar-refractivity contribution in [1.82, 2.24) is 0 Å². The molecule has 242 valence electrons. The molecular formula is C40H46S6. The average molecular weight is 719 g/mol. The van der Waals surface area contributed by atoms with Crippen molar-refractivity contribution in [3.05, 3.63) is 81.2 Å². The van der Waals surface area contributed by atoms with E-state index in [4.69, 9.17) is 0 Å². The summed E-state index contributed by atoms with van der Waals surface area (Å²) in [7, 11) is 0. The third kappa shape index (κ3) is 8.07. The summed E-state index contributed by atoms with van der Waals surface area (Å²) in [6.07, 6.45) is 12.9. The molecule has 0 aliphatic rings. The van der Waals surface area contributed by atoms with Crippen LogP contribution >= 0.6 is 68.0 Å². The van der Waals surface area contributed by atoms with Crippen molar-refractivity contribution < 1.29 is 0 Å². The predicted octanol–water partition coefficient (Wildman–Crippen LogP) is 15.9. The Hall–Kier alpha value is -1.80. The molecule has 0 saturated carbocycles. The van der Waals surface area contributed by atoms with Gasteiger partial charge in [-0.3, -0.25) is 0 Å². The Labute approximate surface area is 300 Å². The summed E-state index contributed by atoms with van der Waals surface area (Å²) in [6.45, 7) is 9.35. The summed E-state index contributed by atoms with van der Waals surface area (Å²) in [4.78, 5) is 14.3. The van der Waals surface area contributed by atoms with Gasteiger partial charge >= 0.3 is 0 Å². The van der Waals surface area contributed by atoms with Gasteiger partial charge in [-0.25, -0.2) is 0 Å². The van der Waals surface area contributed by atoms with E-state index in [1.165, 1.54) is 124 Å². The summed E-state index contributed by atoms with van der Waals surface area (Å²) in [6, 6.07) is 23.6. The minimum atomic E-state index is 0.795. The van der Waals surface area contributed by atoms with Crippen LogP contribution in [-0.4, -0.2) is 0 Å². The van der Waals surface area contributed by atoms with Crippen LogP contribution in [0.4, 0.5) is 0 Å². The molecule has 6 rings (SSSR count). The Bertz CT molecular complexity index is 1620. The lowest BCUT2D eigenvalue weighted by Crippen LogP contribution is -2.01. The van der Waals surface area contributed by atoms with Crippen molar-refractivity contribution in [2.45, 2.75) is 91.9 Å². The van der Waals surface area contributed by atoms with E-state index in [0.717, 1.165) is 11.8 Å². The molecule has 0 spiro atoms. The Balaban J connectivity index is 1.34. The predicted molar refractivity (Wildman–Crippen MR) is 215 cm³/mol. The van der Waals surface area contributed by atoms with Crippen LogP contribution in [0.15, 0.2) is 71.4 Å². The molecule has 2 unspecified atom stereocenters. The Morgan fingerprint density at radius 3 is 1.33 bits per heavy atom. The molecular weight excluding hydrogens is 673 g/mol. The molecule has 6 heterocycles. The van der Waals surface area contributed by atoms with Crippen molar-refractivity contribution in [1.29, 1.82) is 0 Å². The molecule has 6 aromatic rings. The first-order valence-corrected chi connectivity index (χ1v) is 22.2. The molecule has 0 bridgehead atoms. The van der Waals surface area contributed by atoms with Crippen molar-refractivity contribution >= 4 is 68.0 Å². The highest BCUT2D eigenvalue weighted by molar-refractivity contribution is 7.29. The first-order valence-electron chi connectivity index (χ1n) is 17.1. The molecule has 0 saturated heterocycles. The zero-order valence-corrected chi connectivity index (χ0v) is 32.5. The van der Waals surface area contributed by atoms with Crippen molar-refractivity contribution in [2.75, 3.05) is 0 Å². The zero-order valence-electron chi connectivity index (χ0n) is 27.6. The fourth-order valence-electron chi connectivity index (χ4n) is 6.29. The number of hydrogen-bond donors (Lipinski definition) is 0. The van der Waals surface area contributed by atoms with Gasteiger partial charge in [0.25, 0.3) is 0 Å². The highest BCUT2D eigenvalue weighted by Crippen LogP contribution is 2.52. The van der Waals surface area contributed by atoms with Crippen molar-refractivity contribution in [3.8, 4) is 50.1 Å². The van der Waals surface area contributed by atoms with Crippen molar-refractivity contribution in [2.24, 2.45) is 11.8 Å². The third-order valence-corrected chi connectivity index (χ3v) is 16.0. The van der Waals surface area contributed by atoms with E-state index in [1.807, 2.05) is 68.0 Å². The Morgan fingerprint density at radius 1 is 0.500 bits per heavy atom. The van der Waals surface area contributed by atoms with Gasteiger partial charge < -0.3 is 0 Å². The fraction of sp³-hybridized carbons (Fsp3) is 0.400. The number of thiophene rings is 6. The van der Waals surface area contributed by atoms with E-state index in [0.29, 0.717) is 0 Å². The van der Waals surface area contributed by atoms with Gasteiger partial charge in [0.1, 0.15) is 0 Å². The summed E-state index contributed by atoms with van der Waals surface area (Å²) >= 11 is 11.7. The van der Waals surface area contributed by atoms with E-state index in [9.17, 15) is 0 Å². The van der Waals surface area contributed by atoms with Gasteiger partial charge in [-0.1, -0.05) is 91.2 Å². The van der Waals surface area contributed by atoms with Crippen LogP contribution in [-0.2, 0) is 12.8 Å². The minimum absolute atomic E-state index is 0.795. The number of hydrogen-bond acceptors (Lipinski definition) is 6. The summed E-state index contributed by atoms with van der Waals surface area (Å²) in [5, 5.41) is 4.44. The molecule has 6 aromatic heterocycles. The molecule has 0 radical (unpaired) electrons. The van der Waals surface area contributed by atoms with Crippen LogP contribution in [0.25, 0.3) is 50.1 Å². The van der Waals surface area contributed by atoms with Gasteiger partial charge in [0.05, 0.1) is 9.75 Å². The van der Waals surface area contributed by atoms with Crippen LogP contribution in [0.1, 0.15) is 88.8 Å². The second-order valence-electron chi connectivity index (χ2n) is 12.4. The quantitative estimate of drug-likeness (QED) is 0.0881. The second kappa shape index (κ2) is 16.5. The highest BCUT2D eigenvalue weighted by Gasteiger charge is 2.22. The molecule has 2 atom stereocenters. The average Bonchev–Trinajstić information content (AvgIpc) is 3.91. The molecule has 0 aliphatic carbocycles. The van der Waals surface area contributed by atoms with Gasteiger partial charge in [0.15, 0.2) is 0 Å². The topological polar surface area (TPSA) is 0 Å². The summed E-state index contributed by atoms with van der Waals surface area (Å²) in [5.74, 6) is 1.59. The Kier molecular flexibility index (Phi) is 12.3. The van der Waals surface area contributed by atoms with Gasteiger partial charge in [0, 0.05) is 50.1 Å². The van der Waals surface area contributed by atoms with Crippen LogP contribution in [0.3, 0.4) is 0 Å². The van der Waals surface area contributed by atoms with Crippen molar-refractivity contribution in [3.63, 3.8) is 0 Å². The second-order valence-corrected chi connectivity index (χ2v) is 18.8. The SMILES string of the molecule is CCCCC(CC)Cc1ccc(-c2cc(-c3cc(-c4ccc(CC(CC)CCCC)s4)c(-c4cccs4)s3)sc2-c2cccs2)s1. The highest BCUT2D eigenvalue weighted by atomic mass is 32.1. The summed E-state index contributed by atoms with van der Waals surface area (Å²) < 4.78 is 0. The van der Waals surface area contributed by atoms with E-state index < -0.39 is 0 Å². The van der Waals surface area contributed by atoms with Gasteiger partial charge in [-0.15, -0.1) is 68.0 Å². The summed E-state index contributed by atoms with van der Waals surface area (Å²) in [5.41, 5.74) is 2.81. The van der Waals surface area contributed by atoms with E-state index in [-0.39, 0.29) is 0 Å². The molecule has 0 aromatic carbocycles. The van der Waals surface area contributed by atoms with Crippen LogP contribution < -0.4 is 0 Å². The lowest BCUT2D eigenvalue weighted by atomic mass is 9.95. The lowest BCUT2D eigenvalue weighted by molar-refractivity contribution is 0.452. The molecule has 0 N–H and O–H groups in total. The fourth-order valence-corrected chi connectivity index (χ4v) is 12.9. The monoisotopic (exact) mass is 718 g/mol. The minimum Gasteiger partial charge on any atom is -0.143 e. The van der Waals surface area contributed by atoms with Crippen LogP contribution in [0, 0.1) is 11.8 Å². The van der Waals surface area contributed by atoms with Crippen LogP contribution in [0.5, 0.6) is 0 Å². The third-order valence-electron chi connectivity index (χ3n) is 9.12. The van der Waals surface area contributed by atoms with Crippen LogP contribution in [0.2, 0.25) is 0 Å². The van der Waals surface area contributed by atoms with E-state index in [2.05, 4.69) is 99.1 Å². The normalized spacial score (nSPS) is 13.0. The first kappa shape index (κ1) is 34.1. The maximum Gasteiger partial charge on any atom is 0.0536 e. The van der Waals surface area contributed by atoms with Gasteiger partial charge in [0.2, 0.25) is 0 Å². The molecule has 6 heteroatoms. The Morgan fingerprint density at radius 2 is 0.957 bits per heavy atom. The standard InChI is InChI=1S/C40H46S6/c1-5-9-13-27(7-3)23-29-17-19-33(43-29)31-25-37(45-39(31)35-15-11-21-41-35)38-26-32(40(46-38)36-16-12-22-42-36)34-20-18-30(44-34)24-28(8-4)14-10-6-2/h11-12,15-22,25-28H,5-10,13-14,23-24H2,1-4H3. The smallest absolute Gasteiger partial charge is 0.0536 e. The molecule has 0 fully saturated rings. The maximum atomic E-state index is 2.50.